The van der Waals surface area contributed by atoms with Crippen LogP contribution in [0.4, 0.5) is 0 Å². The zero-order valence-corrected chi connectivity index (χ0v) is 11.7. The number of nitrogens with one attached hydrogen (secondary N) is 1. The SMILES string of the molecule is CC1CCC(NC2CCOC(C(C)C)C2)CC1. The lowest BCUT2D eigenvalue weighted by Gasteiger charge is -2.36. The molecule has 2 aliphatic rings. The highest BCUT2D eigenvalue weighted by Gasteiger charge is 2.27. The van der Waals surface area contributed by atoms with Gasteiger partial charge >= 0.3 is 0 Å². The summed E-state index contributed by atoms with van der Waals surface area (Å²) in [5.74, 6) is 1.61. The van der Waals surface area contributed by atoms with E-state index < -0.39 is 0 Å². The molecule has 0 aromatic carbocycles. The van der Waals surface area contributed by atoms with E-state index in [2.05, 4.69) is 26.1 Å². The summed E-state index contributed by atoms with van der Waals surface area (Å²) in [6, 6.07) is 1.48. The van der Waals surface area contributed by atoms with E-state index in [0.29, 0.717) is 18.1 Å². The van der Waals surface area contributed by atoms with Crippen molar-refractivity contribution in [2.45, 2.75) is 77.5 Å². The summed E-state index contributed by atoms with van der Waals surface area (Å²) in [7, 11) is 0. The Bertz CT molecular complexity index is 221. The van der Waals surface area contributed by atoms with Crippen molar-refractivity contribution in [3.05, 3.63) is 0 Å². The molecule has 0 aromatic rings. The van der Waals surface area contributed by atoms with Gasteiger partial charge in [0.15, 0.2) is 0 Å². The Kier molecular flexibility index (Phi) is 4.87. The predicted molar refractivity (Wildman–Crippen MR) is 72.2 cm³/mol. The smallest absolute Gasteiger partial charge is 0.0612 e. The van der Waals surface area contributed by atoms with Crippen LogP contribution in [0.15, 0.2) is 0 Å². The summed E-state index contributed by atoms with van der Waals surface area (Å²) in [4.78, 5) is 0. The van der Waals surface area contributed by atoms with E-state index >= 15 is 0 Å². The van der Waals surface area contributed by atoms with E-state index in [1.165, 1.54) is 38.5 Å². The first kappa shape index (κ1) is 13.4. The molecule has 1 heterocycles. The molecule has 2 heteroatoms. The lowest BCUT2D eigenvalue weighted by Crippen LogP contribution is -2.46. The van der Waals surface area contributed by atoms with Crippen LogP contribution in [0.5, 0.6) is 0 Å². The molecule has 100 valence electrons. The maximum atomic E-state index is 5.84. The van der Waals surface area contributed by atoms with Gasteiger partial charge in [0, 0.05) is 18.7 Å². The summed E-state index contributed by atoms with van der Waals surface area (Å²) >= 11 is 0. The highest BCUT2D eigenvalue weighted by atomic mass is 16.5. The fourth-order valence-corrected chi connectivity index (χ4v) is 3.20. The van der Waals surface area contributed by atoms with Gasteiger partial charge in [0.05, 0.1) is 6.10 Å². The average molecular weight is 239 g/mol. The molecule has 0 bridgehead atoms. The third-order valence-corrected chi connectivity index (χ3v) is 4.55. The molecule has 1 aliphatic carbocycles. The molecule has 1 saturated carbocycles. The molecule has 2 atom stereocenters. The Morgan fingerprint density at radius 3 is 2.35 bits per heavy atom. The Hall–Kier alpha value is -0.0800. The highest BCUT2D eigenvalue weighted by molar-refractivity contribution is 4.83. The molecule has 2 nitrogen and oxygen atoms in total. The second-order valence-electron chi connectivity index (χ2n) is 6.50. The summed E-state index contributed by atoms with van der Waals surface area (Å²) in [5.41, 5.74) is 0. The number of rotatable bonds is 3. The molecule has 0 spiro atoms. The van der Waals surface area contributed by atoms with E-state index in [4.69, 9.17) is 4.74 Å². The summed E-state index contributed by atoms with van der Waals surface area (Å²) in [5, 5.41) is 3.88. The first-order valence-corrected chi connectivity index (χ1v) is 7.52. The van der Waals surface area contributed by atoms with Crippen LogP contribution in [-0.4, -0.2) is 24.8 Å². The van der Waals surface area contributed by atoms with Gasteiger partial charge in [-0.2, -0.15) is 0 Å². The van der Waals surface area contributed by atoms with Gasteiger partial charge in [-0.05, 0) is 50.4 Å². The Labute approximate surface area is 107 Å². The number of ether oxygens (including phenoxy) is 1. The van der Waals surface area contributed by atoms with Crippen LogP contribution in [0.1, 0.15) is 59.3 Å². The fraction of sp³-hybridized carbons (Fsp3) is 1.00. The molecule has 1 aliphatic heterocycles. The van der Waals surface area contributed by atoms with Crippen molar-refractivity contribution in [3.8, 4) is 0 Å². The second-order valence-corrected chi connectivity index (χ2v) is 6.50. The van der Waals surface area contributed by atoms with Gasteiger partial charge in [0.25, 0.3) is 0 Å². The Morgan fingerprint density at radius 2 is 1.71 bits per heavy atom. The molecule has 0 aromatic heterocycles. The van der Waals surface area contributed by atoms with Crippen LogP contribution in [0.2, 0.25) is 0 Å². The van der Waals surface area contributed by atoms with Crippen LogP contribution in [0.3, 0.4) is 0 Å². The summed E-state index contributed by atoms with van der Waals surface area (Å²) in [6.07, 6.45) is 8.47. The van der Waals surface area contributed by atoms with Crippen LogP contribution in [0, 0.1) is 11.8 Å². The number of hydrogen-bond acceptors (Lipinski definition) is 2. The minimum atomic E-state index is 0.476. The van der Waals surface area contributed by atoms with Crippen molar-refractivity contribution >= 4 is 0 Å². The van der Waals surface area contributed by atoms with Gasteiger partial charge in [-0.1, -0.05) is 20.8 Å². The first-order valence-electron chi connectivity index (χ1n) is 7.52. The molecule has 0 amide bonds. The summed E-state index contributed by atoms with van der Waals surface area (Å²) in [6.45, 7) is 7.88. The maximum absolute atomic E-state index is 5.84. The third kappa shape index (κ3) is 3.96. The topological polar surface area (TPSA) is 21.3 Å². The van der Waals surface area contributed by atoms with Crippen molar-refractivity contribution in [2.75, 3.05) is 6.61 Å². The lowest BCUT2D eigenvalue weighted by molar-refractivity contribution is -0.0267. The highest BCUT2D eigenvalue weighted by Crippen LogP contribution is 2.26. The van der Waals surface area contributed by atoms with Crippen molar-refractivity contribution in [1.82, 2.24) is 5.32 Å². The van der Waals surface area contributed by atoms with Crippen molar-refractivity contribution in [3.63, 3.8) is 0 Å². The van der Waals surface area contributed by atoms with E-state index in [9.17, 15) is 0 Å². The molecule has 2 unspecified atom stereocenters. The zero-order chi connectivity index (χ0) is 12.3. The van der Waals surface area contributed by atoms with Crippen LogP contribution in [-0.2, 0) is 4.74 Å². The van der Waals surface area contributed by atoms with Gasteiger partial charge in [-0.25, -0.2) is 0 Å². The Morgan fingerprint density at radius 1 is 1.00 bits per heavy atom. The first-order chi connectivity index (χ1) is 8.15. The lowest BCUT2D eigenvalue weighted by atomic mass is 9.86. The van der Waals surface area contributed by atoms with Gasteiger partial charge in [-0.15, -0.1) is 0 Å². The van der Waals surface area contributed by atoms with Gasteiger partial charge in [0.2, 0.25) is 0 Å². The van der Waals surface area contributed by atoms with E-state index in [1.54, 1.807) is 0 Å². The van der Waals surface area contributed by atoms with Crippen molar-refractivity contribution in [1.29, 1.82) is 0 Å². The second kappa shape index (κ2) is 6.19. The molecule has 0 radical (unpaired) electrons. The van der Waals surface area contributed by atoms with Crippen molar-refractivity contribution < 1.29 is 4.74 Å². The fourth-order valence-electron chi connectivity index (χ4n) is 3.20. The number of hydrogen-bond donors (Lipinski definition) is 1. The Balaban J connectivity index is 1.75. The van der Waals surface area contributed by atoms with Gasteiger partial charge < -0.3 is 10.1 Å². The molecular formula is C15H29NO. The average Bonchev–Trinajstić information content (AvgIpc) is 2.32. The summed E-state index contributed by atoms with van der Waals surface area (Å²) < 4.78 is 5.84. The quantitative estimate of drug-likeness (QED) is 0.815. The minimum Gasteiger partial charge on any atom is -0.378 e. The third-order valence-electron chi connectivity index (χ3n) is 4.55. The maximum Gasteiger partial charge on any atom is 0.0612 e. The van der Waals surface area contributed by atoms with E-state index in [0.717, 1.165) is 18.6 Å². The molecule has 2 fully saturated rings. The monoisotopic (exact) mass is 239 g/mol. The van der Waals surface area contributed by atoms with E-state index in [1.807, 2.05) is 0 Å². The standard InChI is InChI=1S/C15H29NO/c1-11(2)15-10-14(8-9-17-15)16-13-6-4-12(3)5-7-13/h11-16H,4-10H2,1-3H3. The molecule has 1 N–H and O–H groups in total. The molecule has 2 rings (SSSR count). The molecule has 17 heavy (non-hydrogen) atoms. The molecular weight excluding hydrogens is 210 g/mol. The van der Waals surface area contributed by atoms with Crippen LogP contribution >= 0.6 is 0 Å². The minimum absolute atomic E-state index is 0.476. The van der Waals surface area contributed by atoms with E-state index in [-0.39, 0.29) is 0 Å². The van der Waals surface area contributed by atoms with Crippen LogP contribution < -0.4 is 5.32 Å². The van der Waals surface area contributed by atoms with Crippen molar-refractivity contribution in [2.24, 2.45) is 11.8 Å². The molecule has 1 saturated heterocycles. The zero-order valence-electron chi connectivity index (χ0n) is 11.7. The van der Waals surface area contributed by atoms with Gasteiger partial charge in [0.1, 0.15) is 0 Å². The normalized spacial score (nSPS) is 39.5. The van der Waals surface area contributed by atoms with Gasteiger partial charge in [-0.3, -0.25) is 0 Å². The predicted octanol–water partition coefficient (Wildman–Crippen LogP) is 3.36. The largest absolute Gasteiger partial charge is 0.378 e. The van der Waals surface area contributed by atoms with Crippen LogP contribution in [0.25, 0.3) is 0 Å².